The molecule has 1 aliphatic heterocycles. The number of carbonyl (C=O) groups is 2. The van der Waals surface area contributed by atoms with Crippen LogP contribution in [0.1, 0.15) is 19.8 Å². The maximum Gasteiger partial charge on any atom is 0.155 e. The summed E-state index contributed by atoms with van der Waals surface area (Å²) < 4.78 is 10.4. The second kappa shape index (κ2) is 10.8. The van der Waals surface area contributed by atoms with Crippen LogP contribution in [-0.4, -0.2) is 87.6 Å². The largest absolute Gasteiger partial charge is 0.379 e. The fourth-order valence-corrected chi connectivity index (χ4v) is 2.14. The predicted octanol–water partition coefficient (Wildman–Crippen LogP) is 0.205. The molecule has 1 saturated heterocycles. The van der Waals surface area contributed by atoms with Gasteiger partial charge in [-0.1, -0.05) is 0 Å². The average molecular weight is 300 g/mol. The van der Waals surface area contributed by atoms with Gasteiger partial charge in [0.05, 0.1) is 19.8 Å². The van der Waals surface area contributed by atoms with E-state index >= 15 is 0 Å². The van der Waals surface area contributed by atoms with Gasteiger partial charge in [0.25, 0.3) is 0 Å². The highest BCUT2D eigenvalue weighted by Crippen LogP contribution is 2.01. The van der Waals surface area contributed by atoms with Crippen LogP contribution in [0.4, 0.5) is 0 Å². The Morgan fingerprint density at radius 2 is 1.67 bits per heavy atom. The normalized spacial score (nSPS) is 17.0. The van der Waals surface area contributed by atoms with Gasteiger partial charge in [-0.25, -0.2) is 0 Å². The lowest BCUT2D eigenvalue weighted by atomic mass is 10.2. The average Bonchev–Trinajstić information content (AvgIpc) is 2.44. The van der Waals surface area contributed by atoms with Crippen molar-refractivity contribution in [2.45, 2.75) is 19.8 Å². The zero-order chi connectivity index (χ0) is 15.5. The molecule has 1 rings (SSSR count). The summed E-state index contributed by atoms with van der Waals surface area (Å²) in [6, 6.07) is 0. The molecule has 1 fully saturated rings. The molecule has 0 N–H and O–H groups in total. The van der Waals surface area contributed by atoms with E-state index in [1.54, 1.807) is 0 Å². The van der Waals surface area contributed by atoms with Crippen molar-refractivity contribution < 1.29 is 19.1 Å². The number of ether oxygens (including phenoxy) is 2. The first-order valence-corrected chi connectivity index (χ1v) is 7.65. The number of carbonyl (C=O) groups excluding carboxylic acids is 2. The van der Waals surface area contributed by atoms with Crippen LogP contribution < -0.4 is 0 Å². The summed E-state index contributed by atoms with van der Waals surface area (Å²) in [5.41, 5.74) is 0. The molecule has 0 atom stereocenters. The molecular weight excluding hydrogens is 272 g/mol. The highest BCUT2D eigenvalue weighted by Gasteiger charge is 2.16. The quantitative estimate of drug-likeness (QED) is 0.508. The van der Waals surface area contributed by atoms with E-state index in [-0.39, 0.29) is 18.2 Å². The van der Waals surface area contributed by atoms with Crippen LogP contribution in [0.25, 0.3) is 0 Å². The minimum absolute atomic E-state index is 0.0181. The number of likely N-dealkylation sites (N-methyl/N-ethyl adjacent to an activating group) is 1. The molecule has 0 saturated carbocycles. The minimum Gasteiger partial charge on any atom is -0.379 e. The fraction of sp³-hybridized carbons (Fsp3) is 0.867. The van der Waals surface area contributed by atoms with Crippen molar-refractivity contribution in [1.29, 1.82) is 0 Å². The number of hydrogen-bond acceptors (Lipinski definition) is 6. The van der Waals surface area contributed by atoms with Gasteiger partial charge in [-0.05, 0) is 20.4 Å². The monoisotopic (exact) mass is 300 g/mol. The van der Waals surface area contributed by atoms with Crippen molar-refractivity contribution in [3.05, 3.63) is 0 Å². The Kier molecular flexibility index (Phi) is 9.41. The van der Waals surface area contributed by atoms with Crippen molar-refractivity contribution in [2.24, 2.45) is 0 Å². The second-order valence-corrected chi connectivity index (χ2v) is 5.59. The maximum absolute atomic E-state index is 11.8. The first-order valence-electron chi connectivity index (χ1n) is 7.65. The summed E-state index contributed by atoms with van der Waals surface area (Å²) in [7, 11) is 2.11. The molecular formula is C15H28N2O4. The lowest BCUT2D eigenvalue weighted by Gasteiger charge is -2.31. The summed E-state index contributed by atoms with van der Waals surface area (Å²) >= 11 is 0. The first kappa shape index (κ1) is 18.2. The molecule has 0 amide bonds. The molecule has 1 heterocycles. The molecule has 21 heavy (non-hydrogen) atoms. The van der Waals surface area contributed by atoms with E-state index in [0.717, 1.165) is 32.6 Å². The van der Waals surface area contributed by atoms with Crippen molar-refractivity contribution >= 4 is 11.6 Å². The molecule has 1 aliphatic rings. The molecule has 6 heteroatoms. The third-order valence-electron chi connectivity index (χ3n) is 3.42. The Hall–Kier alpha value is -0.820. The Bertz CT molecular complexity index is 315. The van der Waals surface area contributed by atoms with Crippen LogP contribution in [0, 0.1) is 0 Å². The molecule has 0 aromatic heterocycles. The van der Waals surface area contributed by atoms with Gasteiger partial charge in [0.2, 0.25) is 0 Å². The summed E-state index contributed by atoms with van der Waals surface area (Å²) in [6.07, 6.45) is 1.32. The van der Waals surface area contributed by atoms with Gasteiger partial charge in [0.15, 0.2) is 5.78 Å². The SMILES string of the molecule is CC(=O)COCCOCCCC(=O)CN1CCN(C)CC1. The highest BCUT2D eigenvalue weighted by molar-refractivity contribution is 5.80. The summed E-state index contributed by atoms with van der Waals surface area (Å²) in [4.78, 5) is 27.0. The number of rotatable bonds is 11. The van der Waals surface area contributed by atoms with Crippen molar-refractivity contribution in [1.82, 2.24) is 9.80 Å². The van der Waals surface area contributed by atoms with E-state index in [9.17, 15) is 9.59 Å². The fourth-order valence-electron chi connectivity index (χ4n) is 2.14. The van der Waals surface area contributed by atoms with Crippen molar-refractivity contribution in [2.75, 3.05) is 66.2 Å². The number of ketones is 2. The number of hydrogen-bond donors (Lipinski definition) is 0. The molecule has 0 aliphatic carbocycles. The van der Waals surface area contributed by atoms with E-state index in [2.05, 4.69) is 16.8 Å². The second-order valence-electron chi connectivity index (χ2n) is 5.59. The minimum atomic E-state index is 0.0181. The van der Waals surface area contributed by atoms with Crippen LogP contribution in [0.2, 0.25) is 0 Å². The number of Topliss-reactive ketones (excluding diaryl/α,β-unsaturated/α-hetero) is 2. The molecule has 0 aromatic carbocycles. The van der Waals surface area contributed by atoms with Gasteiger partial charge in [-0.15, -0.1) is 0 Å². The third kappa shape index (κ3) is 9.68. The van der Waals surface area contributed by atoms with Gasteiger partial charge in [0.1, 0.15) is 12.4 Å². The zero-order valence-electron chi connectivity index (χ0n) is 13.3. The van der Waals surface area contributed by atoms with Crippen LogP contribution >= 0.6 is 0 Å². The van der Waals surface area contributed by atoms with Gasteiger partial charge < -0.3 is 14.4 Å². The number of nitrogens with zero attached hydrogens (tertiary/aromatic N) is 2. The summed E-state index contributed by atoms with van der Waals surface area (Å²) in [6.45, 7) is 7.70. The van der Waals surface area contributed by atoms with E-state index in [4.69, 9.17) is 9.47 Å². The zero-order valence-corrected chi connectivity index (χ0v) is 13.3. The molecule has 0 unspecified atom stereocenters. The molecule has 6 nitrogen and oxygen atoms in total. The number of piperazine rings is 1. The molecule has 0 radical (unpaired) electrons. The van der Waals surface area contributed by atoms with Crippen LogP contribution in [0.3, 0.4) is 0 Å². The predicted molar refractivity (Wildman–Crippen MR) is 80.5 cm³/mol. The third-order valence-corrected chi connectivity index (χ3v) is 3.42. The van der Waals surface area contributed by atoms with Crippen LogP contribution in [0.15, 0.2) is 0 Å². The standard InChI is InChI=1S/C15H28N2O4/c1-14(18)13-21-11-10-20-9-3-4-15(19)12-17-7-5-16(2)6-8-17/h3-13H2,1-2H3. The topological polar surface area (TPSA) is 59.1 Å². The van der Waals surface area contributed by atoms with Crippen molar-refractivity contribution in [3.8, 4) is 0 Å². The molecule has 122 valence electrons. The van der Waals surface area contributed by atoms with E-state index in [0.29, 0.717) is 32.8 Å². The van der Waals surface area contributed by atoms with Crippen LogP contribution in [0.5, 0.6) is 0 Å². The first-order chi connectivity index (χ1) is 10.1. The van der Waals surface area contributed by atoms with Gasteiger partial charge in [-0.3, -0.25) is 14.5 Å². The Morgan fingerprint density at radius 3 is 2.33 bits per heavy atom. The van der Waals surface area contributed by atoms with Gasteiger partial charge in [-0.2, -0.15) is 0 Å². The van der Waals surface area contributed by atoms with E-state index in [1.165, 1.54) is 6.92 Å². The molecule has 0 aromatic rings. The van der Waals surface area contributed by atoms with E-state index in [1.807, 2.05) is 0 Å². The van der Waals surface area contributed by atoms with Gasteiger partial charge in [0, 0.05) is 39.2 Å². The maximum atomic E-state index is 11.8. The Morgan fingerprint density at radius 1 is 1.00 bits per heavy atom. The van der Waals surface area contributed by atoms with E-state index < -0.39 is 0 Å². The lowest BCUT2D eigenvalue weighted by Crippen LogP contribution is -2.46. The summed E-state index contributed by atoms with van der Waals surface area (Å²) in [5.74, 6) is 0.306. The van der Waals surface area contributed by atoms with Gasteiger partial charge >= 0.3 is 0 Å². The summed E-state index contributed by atoms with van der Waals surface area (Å²) in [5, 5.41) is 0. The molecule has 0 bridgehead atoms. The smallest absolute Gasteiger partial charge is 0.155 e. The Labute approximate surface area is 127 Å². The highest BCUT2D eigenvalue weighted by atomic mass is 16.5. The Balaban J connectivity index is 1.90. The van der Waals surface area contributed by atoms with Crippen molar-refractivity contribution in [3.63, 3.8) is 0 Å². The lowest BCUT2D eigenvalue weighted by molar-refractivity contribution is -0.122. The molecule has 0 spiro atoms. The van der Waals surface area contributed by atoms with Crippen LogP contribution in [-0.2, 0) is 19.1 Å².